The predicted molar refractivity (Wildman–Crippen MR) is 123 cm³/mol. The van der Waals surface area contributed by atoms with Gasteiger partial charge >= 0.3 is 5.91 Å². The molecule has 0 fully saturated rings. The van der Waals surface area contributed by atoms with E-state index in [1.165, 1.54) is 35.6 Å². The number of furan rings is 1. The molecule has 174 valence electrons. The van der Waals surface area contributed by atoms with Crippen LogP contribution in [0.5, 0.6) is 0 Å². The highest BCUT2D eigenvalue weighted by atomic mass is 32.1. The van der Waals surface area contributed by atoms with Crippen molar-refractivity contribution in [3.8, 4) is 0 Å². The fourth-order valence-electron chi connectivity index (χ4n) is 3.55. The second-order valence-electron chi connectivity index (χ2n) is 7.40. The zero-order valence-electron chi connectivity index (χ0n) is 17.9. The first-order valence-corrected chi connectivity index (χ1v) is 11.1. The van der Waals surface area contributed by atoms with Crippen molar-refractivity contribution in [3.63, 3.8) is 0 Å². The average Bonchev–Trinajstić information content (AvgIpc) is 3.50. The zero-order chi connectivity index (χ0) is 24.2. The summed E-state index contributed by atoms with van der Waals surface area (Å²) >= 11 is 1.31. The molecule has 0 bridgehead atoms. The molecule has 0 saturated heterocycles. The van der Waals surface area contributed by atoms with Gasteiger partial charge in [0.1, 0.15) is 5.76 Å². The van der Waals surface area contributed by atoms with Gasteiger partial charge in [0.05, 0.1) is 15.5 Å². The first kappa shape index (κ1) is 22.9. The molecule has 1 aliphatic rings. The lowest BCUT2D eigenvalue weighted by atomic mass is 9.93. The number of hydrogen-bond acceptors (Lipinski definition) is 8. The molecule has 34 heavy (non-hydrogen) atoms. The van der Waals surface area contributed by atoms with Gasteiger partial charge in [0, 0.05) is 35.2 Å². The molecule has 0 unspecified atom stereocenters. The third-order valence-corrected chi connectivity index (χ3v) is 6.07. The van der Waals surface area contributed by atoms with Crippen LogP contribution in [-0.4, -0.2) is 28.4 Å². The average molecular weight is 481 g/mol. The Morgan fingerprint density at radius 2 is 1.79 bits per heavy atom. The highest BCUT2D eigenvalue weighted by Gasteiger charge is 2.28. The van der Waals surface area contributed by atoms with Crippen LogP contribution in [-0.2, 0) is 6.42 Å². The molecule has 1 aromatic carbocycles. The molecule has 11 nitrogen and oxygen atoms in total. The topological polar surface area (TPSA) is 156 Å². The van der Waals surface area contributed by atoms with Gasteiger partial charge in [-0.15, -0.1) is 11.3 Å². The van der Waals surface area contributed by atoms with E-state index < -0.39 is 16.7 Å². The third-order valence-electron chi connectivity index (χ3n) is 5.20. The molecule has 0 radical (unpaired) electrons. The van der Waals surface area contributed by atoms with Crippen LogP contribution < -0.4 is 16.3 Å². The number of thiophene rings is 1. The van der Waals surface area contributed by atoms with Gasteiger partial charge < -0.3 is 4.42 Å². The van der Waals surface area contributed by atoms with Crippen molar-refractivity contribution in [1.29, 1.82) is 0 Å². The highest BCUT2D eigenvalue weighted by Crippen LogP contribution is 2.29. The van der Waals surface area contributed by atoms with E-state index in [2.05, 4.69) is 21.4 Å². The summed E-state index contributed by atoms with van der Waals surface area (Å²) in [6.07, 6.45) is 1.96. The number of nitro groups is 1. The van der Waals surface area contributed by atoms with E-state index in [0.717, 1.165) is 6.42 Å². The molecule has 0 atom stereocenters. The first-order valence-electron chi connectivity index (χ1n) is 10.2. The third kappa shape index (κ3) is 4.71. The number of aryl methyl sites for hydroxylation is 1. The molecule has 1 aliphatic carbocycles. The second-order valence-corrected chi connectivity index (χ2v) is 8.34. The molecule has 2 aromatic heterocycles. The molecule has 0 spiro atoms. The molecule has 0 aliphatic heterocycles. The number of nitro benzene ring substituents is 1. The summed E-state index contributed by atoms with van der Waals surface area (Å²) in [6.45, 7) is 1.71. The Hall–Kier alpha value is -4.32. The lowest BCUT2D eigenvalue weighted by Crippen LogP contribution is -2.41. The Bertz CT molecular complexity index is 1290. The minimum Gasteiger partial charge on any atom is -0.455 e. The summed E-state index contributed by atoms with van der Waals surface area (Å²) in [4.78, 5) is 47.8. The van der Waals surface area contributed by atoms with Crippen LogP contribution in [0.4, 0.5) is 5.69 Å². The van der Waals surface area contributed by atoms with E-state index >= 15 is 0 Å². The summed E-state index contributed by atoms with van der Waals surface area (Å²) in [7, 11) is 0. The van der Waals surface area contributed by atoms with Crippen molar-refractivity contribution in [1.82, 2.24) is 16.3 Å². The molecule has 3 N–H and O–H groups in total. The van der Waals surface area contributed by atoms with Crippen LogP contribution in [0.1, 0.15) is 60.3 Å². The maximum atomic E-state index is 12.7. The van der Waals surface area contributed by atoms with E-state index in [9.17, 15) is 24.5 Å². The Labute approximate surface area is 197 Å². The van der Waals surface area contributed by atoms with Crippen LogP contribution in [0.15, 0.2) is 51.3 Å². The monoisotopic (exact) mass is 481 g/mol. The smallest absolute Gasteiger partial charge is 0.305 e. The molecule has 3 aromatic rings. The number of fused-ring (bicyclic) bond motifs is 1. The van der Waals surface area contributed by atoms with Crippen LogP contribution in [0.2, 0.25) is 0 Å². The van der Waals surface area contributed by atoms with Gasteiger partial charge in [0.25, 0.3) is 17.5 Å². The van der Waals surface area contributed by atoms with Gasteiger partial charge in [-0.25, -0.2) is 5.43 Å². The standard InChI is InChI=1S/C22H19N5O6S/c1-12-18-15(23-25-21(29)17-6-3-11-34-17)4-2-5-16(18)33-19(12)22(30)26-24-20(28)13-7-9-14(10-8-13)27(31)32/h3,6-11H,2,4-5H2,1H3,(H,24,28)(H,25,29)(H,26,30)/b23-15+. The number of nitrogens with zero attached hydrogens (tertiary/aromatic N) is 2. The van der Waals surface area contributed by atoms with Crippen LogP contribution >= 0.6 is 11.3 Å². The first-order chi connectivity index (χ1) is 16.3. The minimum atomic E-state index is -0.663. The summed E-state index contributed by atoms with van der Waals surface area (Å²) in [5.74, 6) is -1.02. The van der Waals surface area contributed by atoms with Crippen LogP contribution in [0.3, 0.4) is 0 Å². The number of nitrogens with one attached hydrogen (secondary N) is 3. The van der Waals surface area contributed by atoms with Gasteiger partial charge in [-0.05, 0) is 43.3 Å². The maximum Gasteiger partial charge on any atom is 0.305 e. The second kappa shape index (κ2) is 9.67. The van der Waals surface area contributed by atoms with Crippen molar-refractivity contribution in [2.45, 2.75) is 26.2 Å². The molecule has 12 heteroatoms. The number of amides is 3. The van der Waals surface area contributed by atoms with E-state index in [1.54, 1.807) is 24.4 Å². The SMILES string of the molecule is Cc1c(C(=O)NNC(=O)c2ccc([N+](=O)[O-])cc2)oc2c1/C(=N/NC(=O)c1cccs1)CCC2. The van der Waals surface area contributed by atoms with Crippen LogP contribution in [0.25, 0.3) is 0 Å². The lowest BCUT2D eigenvalue weighted by molar-refractivity contribution is -0.384. The zero-order valence-corrected chi connectivity index (χ0v) is 18.7. The van der Waals surface area contributed by atoms with Crippen molar-refractivity contribution in [2.24, 2.45) is 5.10 Å². The van der Waals surface area contributed by atoms with Crippen molar-refractivity contribution in [2.75, 3.05) is 0 Å². The summed E-state index contributed by atoms with van der Waals surface area (Å²) in [5.41, 5.74) is 8.92. The normalized spacial score (nSPS) is 13.7. The minimum absolute atomic E-state index is 0.0215. The summed E-state index contributed by atoms with van der Waals surface area (Å²) < 4.78 is 5.76. The number of non-ortho nitro benzene ring substituents is 1. The van der Waals surface area contributed by atoms with Gasteiger partial charge in [-0.3, -0.25) is 35.3 Å². The molecule has 3 amide bonds. The Morgan fingerprint density at radius 1 is 1.06 bits per heavy atom. The van der Waals surface area contributed by atoms with Crippen molar-refractivity contribution < 1.29 is 23.7 Å². The number of benzene rings is 1. The summed E-state index contributed by atoms with van der Waals surface area (Å²) in [6, 6.07) is 8.42. The van der Waals surface area contributed by atoms with Crippen LogP contribution in [0, 0.1) is 17.0 Å². The number of hydrogen-bond donors (Lipinski definition) is 3. The van der Waals surface area contributed by atoms with E-state index in [-0.39, 0.29) is 22.9 Å². The maximum absolute atomic E-state index is 12.7. The summed E-state index contributed by atoms with van der Waals surface area (Å²) in [5, 5.41) is 16.8. The van der Waals surface area contributed by atoms with Gasteiger partial charge in [0.2, 0.25) is 0 Å². The lowest BCUT2D eigenvalue weighted by Gasteiger charge is -2.13. The molecule has 0 saturated carbocycles. The molecule has 4 rings (SSSR count). The Balaban J connectivity index is 1.45. The molecular weight excluding hydrogens is 462 g/mol. The quantitative estimate of drug-likeness (QED) is 0.375. The van der Waals surface area contributed by atoms with Gasteiger partial charge in [-0.1, -0.05) is 6.07 Å². The number of carbonyl (C=O) groups is 3. The molecular formula is C22H19N5O6S. The number of carbonyl (C=O) groups excluding carboxylic acids is 3. The number of rotatable bonds is 5. The number of hydrazone groups is 1. The van der Waals surface area contributed by atoms with E-state index in [4.69, 9.17) is 4.42 Å². The fourth-order valence-corrected chi connectivity index (χ4v) is 4.17. The molecule has 2 heterocycles. The van der Waals surface area contributed by atoms with E-state index in [0.29, 0.717) is 40.3 Å². The largest absolute Gasteiger partial charge is 0.455 e. The Morgan fingerprint density at radius 3 is 2.47 bits per heavy atom. The fraction of sp³-hybridized carbons (Fsp3) is 0.182. The Kier molecular flexibility index (Phi) is 6.50. The van der Waals surface area contributed by atoms with Crippen molar-refractivity contribution in [3.05, 3.63) is 85.0 Å². The van der Waals surface area contributed by atoms with E-state index in [1.807, 2.05) is 0 Å². The number of hydrazine groups is 1. The van der Waals surface area contributed by atoms with Gasteiger partial charge in [0.15, 0.2) is 5.76 Å². The highest BCUT2D eigenvalue weighted by molar-refractivity contribution is 7.12. The van der Waals surface area contributed by atoms with Gasteiger partial charge in [-0.2, -0.15) is 5.10 Å². The van der Waals surface area contributed by atoms with Crippen molar-refractivity contribution >= 4 is 40.5 Å². The predicted octanol–water partition coefficient (Wildman–Crippen LogP) is 3.10.